The summed E-state index contributed by atoms with van der Waals surface area (Å²) >= 11 is 0. The maximum Gasteiger partial charge on any atom is 0.471 e. The van der Waals surface area contributed by atoms with Crippen LogP contribution in [0, 0.1) is 11.8 Å². The van der Waals surface area contributed by atoms with E-state index in [9.17, 15) is 22.8 Å². The van der Waals surface area contributed by atoms with Gasteiger partial charge in [0.15, 0.2) is 0 Å². The van der Waals surface area contributed by atoms with Crippen molar-refractivity contribution in [3.05, 3.63) is 0 Å². The van der Waals surface area contributed by atoms with Crippen molar-refractivity contribution in [1.82, 2.24) is 9.80 Å². The summed E-state index contributed by atoms with van der Waals surface area (Å²) in [6.45, 7) is 5.20. The van der Waals surface area contributed by atoms with Gasteiger partial charge in [-0.1, -0.05) is 13.8 Å². The molecule has 0 aliphatic carbocycles. The molecule has 0 N–H and O–H groups in total. The van der Waals surface area contributed by atoms with Crippen LogP contribution in [0.5, 0.6) is 0 Å². The van der Waals surface area contributed by atoms with Gasteiger partial charge >= 0.3 is 12.1 Å². The second kappa shape index (κ2) is 5.85. The molecule has 2 heterocycles. The van der Waals surface area contributed by atoms with E-state index in [2.05, 4.69) is 0 Å². The zero-order valence-electron chi connectivity index (χ0n) is 12.3. The van der Waals surface area contributed by atoms with Crippen LogP contribution in [0.3, 0.4) is 0 Å². The van der Waals surface area contributed by atoms with E-state index in [1.165, 1.54) is 0 Å². The van der Waals surface area contributed by atoms with E-state index in [4.69, 9.17) is 0 Å². The first-order valence-electron chi connectivity index (χ1n) is 7.36. The van der Waals surface area contributed by atoms with Crippen LogP contribution >= 0.6 is 0 Å². The molecule has 120 valence electrons. The third-order valence-electron chi connectivity index (χ3n) is 4.22. The molecule has 0 aromatic heterocycles. The minimum absolute atomic E-state index is 0.00764. The van der Waals surface area contributed by atoms with Gasteiger partial charge in [-0.15, -0.1) is 0 Å². The third kappa shape index (κ3) is 3.49. The number of piperidine rings is 1. The molecule has 2 saturated heterocycles. The number of amides is 2. The van der Waals surface area contributed by atoms with E-state index < -0.39 is 18.1 Å². The van der Waals surface area contributed by atoms with Gasteiger partial charge < -0.3 is 9.80 Å². The van der Waals surface area contributed by atoms with Crippen molar-refractivity contribution in [2.45, 2.75) is 45.3 Å². The standard InChI is InChI=1S/C14H21F3N2O2/c1-9-6-10(2)8-18(7-9)12(20)11-4-3-5-19(11)13(21)14(15,16)17/h9-11H,3-8H2,1-2H3. The maximum absolute atomic E-state index is 12.6. The van der Waals surface area contributed by atoms with Crippen LogP contribution in [-0.2, 0) is 9.59 Å². The molecule has 0 aromatic carbocycles. The minimum Gasteiger partial charge on any atom is -0.340 e. The zero-order chi connectivity index (χ0) is 15.8. The Morgan fingerprint density at radius 2 is 1.67 bits per heavy atom. The van der Waals surface area contributed by atoms with Gasteiger partial charge in [0.25, 0.3) is 0 Å². The predicted molar refractivity (Wildman–Crippen MR) is 70.3 cm³/mol. The number of halogens is 3. The Morgan fingerprint density at radius 3 is 2.19 bits per heavy atom. The Hall–Kier alpha value is -1.27. The van der Waals surface area contributed by atoms with Crippen molar-refractivity contribution >= 4 is 11.8 Å². The molecule has 21 heavy (non-hydrogen) atoms. The number of hydrogen-bond acceptors (Lipinski definition) is 2. The monoisotopic (exact) mass is 306 g/mol. The molecule has 2 aliphatic rings. The molecule has 0 aromatic rings. The lowest BCUT2D eigenvalue weighted by Crippen LogP contribution is -2.53. The highest BCUT2D eigenvalue weighted by Crippen LogP contribution is 2.28. The Balaban J connectivity index is 2.09. The number of carbonyl (C=O) groups excluding carboxylic acids is 2. The van der Waals surface area contributed by atoms with Crippen LogP contribution in [-0.4, -0.2) is 53.5 Å². The smallest absolute Gasteiger partial charge is 0.340 e. The molecule has 3 unspecified atom stereocenters. The van der Waals surface area contributed by atoms with E-state index in [0.29, 0.717) is 42.7 Å². The summed E-state index contributed by atoms with van der Waals surface area (Å²) in [5.41, 5.74) is 0. The molecular weight excluding hydrogens is 285 g/mol. The summed E-state index contributed by atoms with van der Waals surface area (Å²) < 4.78 is 37.8. The lowest BCUT2D eigenvalue weighted by atomic mass is 9.91. The van der Waals surface area contributed by atoms with E-state index >= 15 is 0 Å². The van der Waals surface area contributed by atoms with Gasteiger partial charge in [-0.25, -0.2) is 0 Å². The number of hydrogen-bond donors (Lipinski definition) is 0. The first-order chi connectivity index (χ1) is 9.70. The molecule has 4 nitrogen and oxygen atoms in total. The van der Waals surface area contributed by atoms with Gasteiger partial charge in [0.1, 0.15) is 6.04 Å². The average molecular weight is 306 g/mol. The van der Waals surface area contributed by atoms with Crippen LogP contribution in [0.1, 0.15) is 33.1 Å². The Labute approximate surface area is 122 Å². The average Bonchev–Trinajstić information content (AvgIpc) is 2.83. The Morgan fingerprint density at radius 1 is 1.10 bits per heavy atom. The number of nitrogens with zero attached hydrogens (tertiary/aromatic N) is 2. The van der Waals surface area contributed by atoms with Crippen molar-refractivity contribution in [2.75, 3.05) is 19.6 Å². The first-order valence-corrected chi connectivity index (χ1v) is 7.36. The fourth-order valence-electron chi connectivity index (χ4n) is 3.48. The van der Waals surface area contributed by atoms with Crippen LogP contribution in [0.25, 0.3) is 0 Å². The normalized spacial score (nSPS) is 30.6. The van der Waals surface area contributed by atoms with E-state index in [-0.39, 0.29) is 12.5 Å². The first kappa shape index (κ1) is 16.1. The molecule has 2 rings (SSSR count). The summed E-state index contributed by atoms with van der Waals surface area (Å²) in [6, 6.07) is -0.948. The van der Waals surface area contributed by atoms with E-state index in [0.717, 1.165) is 6.42 Å². The molecule has 7 heteroatoms. The zero-order valence-corrected chi connectivity index (χ0v) is 12.3. The maximum atomic E-state index is 12.6. The van der Waals surface area contributed by atoms with E-state index in [1.54, 1.807) is 4.90 Å². The van der Waals surface area contributed by atoms with Crippen molar-refractivity contribution in [3.8, 4) is 0 Å². The van der Waals surface area contributed by atoms with Crippen LogP contribution < -0.4 is 0 Å². The van der Waals surface area contributed by atoms with Crippen molar-refractivity contribution in [2.24, 2.45) is 11.8 Å². The molecule has 0 radical (unpaired) electrons. The number of alkyl halides is 3. The SMILES string of the molecule is CC1CC(C)CN(C(=O)C2CCCN2C(=O)C(F)(F)F)C1. The molecule has 0 spiro atoms. The summed E-state index contributed by atoms with van der Waals surface area (Å²) in [7, 11) is 0. The van der Waals surface area contributed by atoms with Crippen LogP contribution in [0.4, 0.5) is 13.2 Å². The van der Waals surface area contributed by atoms with Crippen molar-refractivity contribution < 1.29 is 22.8 Å². The highest BCUT2D eigenvalue weighted by molar-refractivity contribution is 5.90. The topological polar surface area (TPSA) is 40.6 Å². The summed E-state index contributed by atoms with van der Waals surface area (Å²) in [4.78, 5) is 26.3. The third-order valence-corrected chi connectivity index (χ3v) is 4.22. The predicted octanol–water partition coefficient (Wildman–Crippen LogP) is 2.04. The lowest BCUT2D eigenvalue weighted by molar-refractivity contribution is -0.187. The van der Waals surface area contributed by atoms with Crippen LogP contribution in [0.15, 0.2) is 0 Å². The second-order valence-corrected chi connectivity index (χ2v) is 6.34. The van der Waals surface area contributed by atoms with Crippen molar-refractivity contribution in [3.63, 3.8) is 0 Å². The van der Waals surface area contributed by atoms with Gasteiger partial charge in [-0.05, 0) is 31.1 Å². The number of rotatable bonds is 1. The molecular formula is C14H21F3N2O2. The molecule has 2 amide bonds. The van der Waals surface area contributed by atoms with Gasteiger partial charge in [0.2, 0.25) is 5.91 Å². The highest BCUT2D eigenvalue weighted by Gasteiger charge is 2.48. The summed E-state index contributed by atoms with van der Waals surface area (Å²) in [5.74, 6) is -1.54. The highest BCUT2D eigenvalue weighted by atomic mass is 19.4. The van der Waals surface area contributed by atoms with E-state index in [1.807, 2.05) is 13.8 Å². The number of carbonyl (C=O) groups is 2. The Kier molecular flexibility index (Phi) is 4.49. The quantitative estimate of drug-likeness (QED) is 0.744. The fraction of sp³-hybridized carbons (Fsp3) is 0.857. The molecule has 2 aliphatic heterocycles. The largest absolute Gasteiger partial charge is 0.471 e. The lowest BCUT2D eigenvalue weighted by Gasteiger charge is -2.38. The Bertz CT molecular complexity index is 415. The molecule has 3 atom stereocenters. The molecule has 2 fully saturated rings. The minimum atomic E-state index is -4.91. The van der Waals surface area contributed by atoms with Crippen LogP contribution in [0.2, 0.25) is 0 Å². The van der Waals surface area contributed by atoms with Crippen molar-refractivity contribution in [1.29, 1.82) is 0 Å². The fourth-order valence-corrected chi connectivity index (χ4v) is 3.48. The summed E-state index contributed by atoms with van der Waals surface area (Å²) in [6.07, 6.45) is -3.14. The van der Waals surface area contributed by atoms with Gasteiger partial charge in [-0.3, -0.25) is 9.59 Å². The second-order valence-electron chi connectivity index (χ2n) is 6.34. The van der Waals surface area contributed by atoms with Gasteiger partial charge in [0, 0.05) is 19.6 Å². The number of likely N-dealkylation sites (tertiary alicyclic amines) is 2. The summed E-state index contributed by atoms with van der Waals surface area (Å²) in [5, 5.41) is 0. The molecule has 0 saturated carbocycles. The molecule has 0 bridgehead atoms. The van der Waals surface area contributed by atoms with Gasteiger partial charge in [0.05, 0.1) is 0 Å². The van der Waals surface area contributed by atoms with Gasteiger partial charge in [-0.2, -0.15) is 13.2 Å².